The first-order chi connectivity index (χ1) is 9.54. The van der Waals surface area contributed by atoms with Crippen LogP contribution >= 0.6 is 0 Å². The highest BCUT2D eigenvalue weighted by Gasteiger charge is 2.32. The fourth-order valence-corrected chi connectivity index (χ4v) is 3.59. The van der Waals surface area contributed by atoms with Gasteiger partial charge in [-0.25, -0.2) is 4.79 Å². The highest BCUT2D eigenvalue weighted by molar-refractivity contribution is 7.87. The Labute approximate surface area is 118 Å². The van der Waals surface area contributed by atoms with Gasteiger partial charge in [-0.1, -0.05) is 30.3 Å². The molecule has 0 aliphatic carbocycles. The Morgan fingerprint density at radius 1 is 1.25 bits per heavy atom. The van der Waals surface area contributed by atoms with E-state index in [2.05, 4.69) is 4.72 Å². The molecule has 0 radical (unpaired) electrons. The van der Waals surface area contributed by atoms with Gasteiger partial charge in [-0.3, -0.25) is 0 Å². The summed E-state index contributed by atoms with van der Waals surface area (Å²) < 4.78 is 33.0. The van der Waals surface area contributed by atoms with Crippen LogP contribution in [0.4, 0.5) is 0 Å². The molecule has 20 heavy (non-hydrogen) atoms. The van der Waals surface area contributed by atoms with Crippen molar-refractivity contribution >= 4 is 16.2 Å². The zero-order valence-corrected chi connectivity index (χ0v) is 12.1. The smallest absolute Gasteiger partial charge is 0.328 e. The highest BCUT2D eigenvalue weighted by atomic mass is 32.2. The van der Waals surface area contributed by atoms with Crippen LogP contribution in [0.5, 0.6) is 0 Å². The molecule has 1 heterocycles. The Kier molecular flexibility index (Phi) is 4.74. The third kappa shape index (κ3) is 3.36. The molecule has 6 nitrogen and oxygen atoms in total. The predicted octanol–water partition coefficient (Wildman–Crippen LogP) is 0.831. The van der Waals surface area contributed by atoms with Gasteiger partial charge >= 0.3 is 5.97 Å². The van der Waals surface area contributed by atoms with Crippen LogP contribution in [-0.4, -0.2) is 38.9 Å². The molecule has 7 heteroatoms. The summed E-state index contributed by atoms with van der Waals surface area (Å²) in [6, 6.07) is 7.65. The number of nitrogens with zero attached hydrogens (tertiary/aromatic N) is 1. The number of esters is 1. The van der Waals surface area contributed by atoms with Crippen LogP contribution in [0.2, 0.25) is 0 Å². The van der Waals surface area contributed by atoms with Crippen LogP contribution in [0.25, 0.3) is 0 Å². The van der Waals surface area contributed by atoms with E-state index in [0.29, 0.717) is 18.7 Å². The van der Waals surface area contributed by atoms with Gasteiger partial charge in [-0.2, -0.15) is 17.4 Å². The van der Waals surface area contributed by atoms with Crippen molar-refractivity contribution in [2.75, 3.05) is 20.2 Å². The first-order valence-electron chi connectivity index (χ1n) is 6.45. The number of hydrogen-bond acceptors (Lipinski definition) is 4. The molecule has 110 valence electrons. The second-order valence-electron chi connectivity index (χ2n) is 4.60. The van der Waals surface area contributed by atoms with Gasteiger partial charge in [0, 0.05) is 13.1 Å². The van der Waals surface area contributed by atoms with Crippen molar-refractivity contribution in [2.45, 2.75) is 18.9 Å². The van der Waals surface area contributed by atoms with Crippen molar-refractivity contribution in [3.63, 3.8) is 0 Å². The number of ether oxygens (including phenoxy) is 1. The molecule has 1 atom stereocenters. The zero-order chi connectivity index (χ0) is 14.6. The summed E-state index contributed by atoms with van der Waals surface area (Å²) in [5, 5.41) is 0. The second-order valence-corrected chi connectivity index (χ2v) is 6.30. The van der Waals surface area contributed by atoms with E-state index in [4.69, 9.17) is 4.74 Å². The number of carbonyl (C=O) groups excluding carboxylic acids is 1. The summed E-state index contributed by atoms with van der Waals surface area (Å²) in [6.45, 7) is 0.968. The normalized spacial score (nSPS) is 17.9. The molecule has 1 aromatic rings. The van der Waals surface area contributed by atoms with Crippen molar-refractivity contribution in [3.8, 4) is 0 Å². The summed E-state index contributed by atoms with van der Waals surface area (Å²) in [5.41, 5.74) is 0.558. The molecular formula is C13H18N2O4S. The Balaban J connectivity index is 2.22. The zero-order valence-electron chi connectivity index (χ0n) is 11.3. The minimum Gasteiger partial charge on any atom is -0.468 e. The summed E-state index contributed by atoms with van der Waals surface area (Å²) in [6.07, 6.45) is 1.68. The molecule has 1 unspecified atom stereocenters. The quantitative estimate of drug-likeness (QED) is 0.817. The molecule has 1 aliphatic rings. The van der Waals surface area contributed by atoms with E-state index < -0.39 is 22.2 Å². The summed E-state index contributed by atoms with van der Waals surface area (Å²) >= 11 is 0. The molecule has 0 aromatic heterocycles. The maximum atomic E-state index is 12.2. The van der Waals surface area contributed by atoms with Crippen LogP contribution < -0.4 is 4.72 Å². The average Bonchev–Trinajstić information content (AvgIpc) is 3.00. The molecule has 0 bridgehead atoms. The number of methoxy groups -OCH3 is 1. The standard InChI is InChI=1S/C13H18N2O4S/c1-19-13(16)12(11-7-3-2-4-8-11)14-20(17,18)15-9-5-6-10-15/h2-4,7-8,12,14H,5-6,9-10H2,1H3. The summed E-state index contributed by atoms with van der Waals surface area (Å²) in [4.78, 5) is 11.8. The molecule has 0 amide bonds. The minimum atomic E-state index is -3.68. The number of hydrogen-bond donors (Lipinski definition) is 1. The van der Waals surface area contributed by atoms with Crippen molar-refractivity contribution in [3.05, 3.63) is 35.9 Å². The SMILES string of the molecule is COC(=O)C(NS(=O)(=O)N1CCCC1)c1ccccc1. The number of rotatable bonds is 5. The third-order valence-electron chi connectivity index (χ3n) is 3.24. The fraction of sp³-hybridized carbons (Fsp3) is 0.462. The van der Waals surface area contributed by atoms with Crippen LogP contribution in [0.15, 0.2) is 30.3 Å². The average molecular weight is 298 g/mol. The van der Waals surface area contributed by atoms with E-state index in [1.54, 1.807) is 30.3 Å². The Morgan fingerprint density at radius 3 is 2.40 bits per heavy atom. The lowest BCUT2D eigenvalue weighted by Gasteiger charge is -2.21. The minimum absolute atomic E-state index is 0.484. The van der Waals surface area contributed by atoms with E-state index in [1.807, 2.05) is 0 Å². The first kappa shape index (κ1) is 15.0. The Bertz CT molecular complexity index is 553. The number of nitrogens with one attached hydrogen (secondary N) is 1. The molecule has 1 aliphatic heterocycles. The number of benzene rings is 1. The van der Waals surface area contributed by atoms with Crippen molar-refractivity contribution < 1.29 is 17.9 Å². The second kappa shape index (κ2) is 6.34. The van der Waals surface area contributed by atoms with Gasteiger partial charge < -0.3 is 4.74 Å². The van der Waals surface area contributed by atoms with Crippen LogP contribution in [0.1, 0.15) is 24.4 Å². The lowest BCUT2D eigenvalue weighted by Crippen LogP contribution is -2.43. The lowest BCUT2D eigenvalue weighted by atomic mass is 10.1. The molecular weight excluding hydrogens is 280 g/mol. The van der Waals surface area contributed by atoms with E-state index in [0.717, 1.165) is 12.8 Å². The molecule has 1 N–H and O–H groups in total. The maximum Gasteiger partial charge on any atom is 0.328 e. The highest BCUT2D eigenvalue weighted by Crippen LogP contribution is 2.18. The van der Waals surface area contributed by atoms with Gasteiger partial charge in [0.2, 0.25) is 0 Å². The van der Waals surface area contributed by atoms with Crippen LogP contribution in [-0.2, 0) is 19.7 Å². The van der Waals surface area contributed by atoms with Crippen molar-refractivity contribution in [2.24, 2.45) is 0 Å². The first-order valence-corrected chi connectivity index (χ1v) is 7.89. The molecule has 0 spiro atoms. The van der Waals surface area contributed by atoms with E-state index in [9.17, 15) is 13.2 Å². The van der Waals surface area contributed by atoms with E-state index in [1.165, 1.54) is 11.4 Å². The van der Waals surface area contributed by atoms with Gasteiger partial charge in [0.25, 0.3) is 10.2 Å². The molecule has 1 saturated heterocycles. The Hall–Kier alpha value is -1.44. The van der Waals surface area contributed by atoms with Gasteiger partial charge in [0.15, 0.2) is 0 Å². The van der Waals surface area contributed by atoms with Crippen LogP contribution in [0.3, 0.4) is 0 Å². The maximum absolute atomic E-state index is 12.2. The van der Waals surface area contributed by atoms with Crippen molar-refractivity contribution in [1.29, 1.82) is 0 Å². The lowest BCUT2D eigenvalue weighted by molar-refractivity contribution is -0.142. The predicted molar refractivity (Wildman–Crippen MR) is 74.1 cm³/mol. The van der Waals surface area contributed by atoms with Gasteiger partial charge in [-0.15, -0.1) is 0 Å². The van der Waals surface area contributed by atoms with Crippen molar-refractivity contribution in [1.82, 2.24) is 9.03 Å². The molecule has 2 rings (SSSR count). The molecule has 0 saturated carbocycles. The monoisotopic (exact) mass is 298 g/mol. The molecule has 1 fully saturated rings. The fourth-order valence-electron chi connectivity index (χ4n) is 2.17. The van der Waals surface area contributed by atoms with Crippen LogP contribution in [0, 0.1) is 0 Å². The van der Waals surface area contributed by atoms with E-state index >= 15 is 0 Å². The summed E-state index contributed by atoms with van der Waals surface area (Å²) in [7, 11) is -2.44. The van der Waals surface area contributed by atoms with Gasteiger partial charge in [-0.05, 0) is 18.4 Å². The number of carbonyl (C=O) groups is 1. The largest absolute Gasteiger partial charge is 0.468 e. The third-order valence-corrected chi connectivity index (χ3v) is 4.82. The molecule has 1 aromatic carbocycles. The van der Waals surface area contributed by atoms with Gasteiger partial charge in [0.05, 0.1) is 7.11 Å². The van der Waals surface area contributed by atoms with E-state index in [-0.39, 0.29) is 0 Å². The summed E-state index contributed by atoms with van der Waals surface area (Å²) in [5.74, 6) is -0.626. The Morgan fingerprint density at radius 2 is 1.85 bits per heavy atom. The van der Waals surface area contributed by atoms with Gasteiger partial charge in [0.1, 0.15) is 6.04 Å². The topological polar surface area (TPSA) is 75.7 Å².